The average Bonchev–Trinajstić information content (AvgIpc) is 3.18. The largest absolute Gasteiger partial charge is 0.480 e. The summed E-state index contributed by atoms with van der Waals surface area (Å²) in [5.74, 6) is -3.54. The number of hydrogen-bond acceptors (Lipinski definition) is 7. The molecule has 0 bridgehead atoms. The molecule has 1 rings (SSSR count). The Morgan fingerprint density at radius 3 is 2.18 bits per heavy atom. The van der Waals surface area contributed by atoms with Crippen LogP contribution >= 0.6 is 0 Å². The first-order valence-corrected chi connectivity index (χ1v) is 9.29. The lowest BCUT2D eigenvalue weighted by molar-refractivity contribution is -0.150. The maximum absolute atomic E-state index is 12.5. The number of nitrogens with two attached hydrogens (primary N) is 1. The van der Waals surface area contributed by atoms with Crippen molar-refractivity contribution in [2.24, 2.45) is 11.7 Å². The summed E-state index contributed by atoms with van der Waals surface area (Å²) < 4.78 is 0. The van der Waals surface area contributed by atoms with Gasteiger partial charge in [0, 0.05) is 6.54 Å². The summed E-state index contributed by atoms with van der Waals surface area (Å²) >= 11 is 0. The van der Waals surface area contributed by atoms with E-state index in [1.54, 1.807) is 6.92 Å². The second-order valence-electron chi connectivity index (χ2n) is 6.93. The van der Waals surface area contributed by atoms with Crippen LogP contribution in [0.5, 0.6) is 0 Å². The summed E-state index contributed by atoms with van der Waals surface area (Å²) in [7, 11) is 0. The highest BCUT2D eigenvalue weighted by Gasteiger charge is 2.38. The van der Waals surface area contributed by atoms with Crippen molar-refractivity contribution in [2.75, 3.05) is 19.8 Å². The van der Waals surface area contributed by atoms with Crippen molar-refractivity contribution in [1.29, 1.82) is 0 Å². The highest BCUT2D eigenvalue weighted by Crippen LogP contribution is 2.18. The first kappa shape index (κ1) is 23.8. The number of amides is 3. The van der Waals surface area contributed by atoms with E-state index in [4.69, 9.17) is 5.73 Å². The molecular formula is C17H30N4O7. The van der Waals surface area contributed by atoms with Crippen molar-refractivity contribution in [3.8, 4) is 0 Å². The highest BCUT2D eigenvalue weighted by molar-refractivity contribution is 5.94. The van der Waals surface area contributed by atoms with Crippen LogP contribution in [-0.4, -0.2) is 87.8 Å². The number of aliphatic hydroxyl groups is 2. The van der Waals surface area contributed by atoms with Gasteiger partial charge in [0.2, 0.25) is 17.7 Å². The van der Waals surface area contributed by atoms with Crippen molar-refractivity contribution in [2.45, 2.75) is 57.3 Å². The standard InChI is InChI=1S/C17H30N4O7/c1-3-9(2)13(18)15(25)19-10(7-22)14(24)20-11(8-23)16(26)21-6-4-5-12(21)17(27)28/h9-13,22-23H,3-8,18H2,1-2H3,(H,19,25)(H,20,24)(H,27,28). The number of rotatable bonds is 10. The molecule has 7 N–H and O–H groups in total. The summed E-state index contributed by atoms with van der Waals surface area (Å²) in [6, 6.07) is -4.64. The van der Waals surface area contributed by atoms with Gasteiger partial charge in [-0.2, -0.15) is 0 Å². The quantitative estimate of drug-likeness (QED) is 0.230. The van der Waals surface area contributed by atoms with Crippen LogP contribution in [0.2, 0.25) is 0 Å². The molecule has 0 aromatic rings. The zero-order valence-corrected chi connectivity index (χ0v) is 16.1. The second-order valence-corrected chi connectivity index (χ2v) is 6.93. The van der Waals surface area contributed by atoms with Crippen LogP contribution in [0, 0.1) is 5.92 Å². The molecule has 0 aliphatic carbocycles. The molecule has 5 unspecified atom stereocenters. The summed E-state index contributed by atoms with van der Waals surface area (Å²) in [4.78, 5) is 49.3. The Kier molecular flexibility index (Phi) is 9.29. The molecule has 28 heavy (non-hydrogen) atoms. The van der Waals surface area contributed by atoms with E-state index in [-0.39, 0.29) is 18.9 Å². The minimum atomic E-state index is -1.39. The minimum absolute atomic E-state index is 0.141. The van der Waals surface area contributed by atoms with Crippen molar-refractivity contribution in [1.82, 2.24) is 15.5 Å². The second kappa shape index (κ2) is 10.9. The van der Waals surface area contributed by atoms with E-state index in [0.717, 1.165) is 4.90 Å². The van der Waals surface area contributed by atoms with Gasteiger partial charge in [0.15, 0.2) is 0 Å². The van der Waals surface area contributed by atoms with Gasteiger partial charge < -0.3 is 36.6 Å². The monoisotopic (exact) mass is 402 g/mol. The van der Waals surface area contributed by atoms with E-state index >= 15 is 0 Å². The molecule has 11 nitrogen and oxygen atoms in total. The maximum atomic E-state index is 12.5. The molecule has 1 saturated heterocycles. The van der Waals surface area contributed by atoms with E-state index in [1.807, 2.05) is 6.92 Å². The third-order valence-electron chi connectivity index (χ3n) is 4.99. The molecule has 5 atom stereocenters. The lowest BCUT2D eigenvalue weighted by atomic mass is 9.99. The Bertz CT molecular complexity index is 586. The van der Waals surface area contributed by atoms with E-state index in [2.05, 4.69) is 10.6 Å². The molecule has 0 radical (unpaired) electrons. The van der Waals surface area contributed by atoms with Gasteiger partial charge in [0.05, 0.1) is 19.3 Å². The maximum Gasteiger partial charge on any atom is 0.326 e. The molecule has 160 valence electrons. The van der Waals surface area contributed by atoms with Crippen LogP contribution in [0.4, 0.5) is 0 Å². The topological polar surface area (TPSA) is 182 Å². The molecule has 11 heteroatoms. The van der Waals surface area contributed by atoms with Gasteiger partial charge >= 0.3 is 5.97 Å². The molecule has 0 aromatic carbocycles. The van der Waals surface area contributed by atoms with Crippen molar-refractivity contribution < 1.29 is 34.5 Å². The number of carboxylic acid groups (broad SMARTS) is 1. The van der Waals surface area contributed by atoms with Crippen LogP contribution < -0.4 is 16.4 Å². The summed E-state index contributed by atoms with van der Waals surface area (Å²) in [5, 5.41) is 32.6. The number of nitrogens with one attached hydrogen (secondary N) is 2. The molecule has 3 amide bonds. The first-order valence-electron chi connectivity index (χ1n) is 9.29. The number of nitrogens with zero attached hydrogens (tertiary/aromatic N) is 1. The van der Waals surface area contributed by atoms with E-state index in [9.17, 15) is 34.5 Å². The number of carboxylic acids is 1. The lowest BCUT2D eigenvalue weighted by Crippen LogP contribution is -2.59. The molecule has 1 heterocycles. The number of aliphatic carboxylic acids is 1. The fourth-order valence-electron chi connectivity index (χ4n) is 2.92. The van der Waals surface area contributed by atoms with Gasteiger partial charge in [-0.15, -0.1) is 0 Å². The zero-order valence-electron chi connectivity index (χ0n) is 16.1. The SMILES string of the molecule is CCC(C)C(N)C(=O)NC(CO)C(=O)NC(CO)C(=O)N1CCCC1C(=O)O. The van der Waals surface area contributed by atoms with Gasteiger partial charge in [0.1, 0.15) is 18.1 Å². The Labute approximate surface area is 163 Å². The van der Waals surface area contributed by atoms with Crippen molar-refractivity contribution in [3.63, 3.8) is 0 Å². The van der Waals surface area contributed by atoms with Crippen LogP contribution in [0.25, 0.3) is 0 Å². The van der Waals surface area contributed by atoms with Gasteiger partial charge in [-0.1, -0.05) is 20.3 Å². The predicted molar refractivity (Wildman–Crippen MR) is 97.8 cm³/mol. The molecule has 1 aliphatic heterocycles. The van der Waals surface area contributed by atoms with E-state index < -0.39 is 61.1 Å². The Balaban J connectivity index is 2.76. The Morgan fingerprint density at radius 1 is 1.11 bits per heavy atom. The molecule has 0 saturated carbocycles. The predicted octanol–water partition coefficient (Wildman–Crippen LogP) is -2.61. The van der Waals surface area contributed by atoms with Gasteiger partial charge in [-0.25, -0.2) is 4.79 Å². The Hall–Kier alpha value is -2.24. The molecular weight excluding hydrogens is 372 g/mol. The van der Waals surface area contributed by atoms with Crippen LogP contribution in [0.15, 0.2) is 0 Å². The lowest BCUT2D eigenvalue weighted by Gasteiger charge is -2.28. The number of aliphatic hydroxyl groups excluding tert-OH is 2. The number of carbonyl (C=O) groups is 4. The van der Waals surface area contributed by atoms with Gasteiger partial charge in [-0.3, -0.25) is 14.4 Å². The third-order valence-corrected chi connectivity index (χ3v) is 4.99. The molecule has 0 spiro atoms. The number of carbonyl (C=O) groups excluding carboxylic acids is 3. The van der Waals surface area contributed by atoms with E-state index in [0.29, 0.717) is 12.8 Å². The number of hydrogen-bond donors (Lipinski definition) is 6. The van der Waals surface area contributed by atoms with Crippen molar-refractivity contribution >= 4 is 23.7 Å². The smallest absolute Gasteiger partial charge is 0.326 e. The van der Waals surface area contributed by atoms with Crippen LogP contribution in [-0.2, 0) is 19.2 Å². The van der Waals surface area contributed by atoms with Crippen LogP contribution in [0.1, 0.15) is 33.1 Å². The average molecular weight is 402 g/mol. The Morgan fingerprint density at radius 2 is 1.68 bits per heavy atom. The fourth-order valence-corrected chi connectivity index (χ4v) is 2.92. The first-order chi connectivity index (χ1) is 13.2. The zero-order chi connectivity index (χ0) is 21.4. The fraction of sp³-hybridized carbons (Fsp3) is 0.765. The summed E-state index contributed by atoms with van der Waals surface area (Å²) in [6.45, 7) is 2.33. The third kappa shape index (κ3) is 5.88. The minimum Gasteiger partial charge on any atom is -0.480 e. The molecule has 1 fully saturated rings. The summed E-state index contributed by atoms with van der Waals surface area (Å²) in [5.41, 5.74) is 5.79. The molecule has 0 aromatic heterocycles. The van der Waals surface area contributed by atoms with Crippen molar-refractivity contribution in [3.05, 3.63) is 0 Å². The van der Waals surface area contributed by atoms with E-state index in [1.165, 1.54) is 0 Å². The molecule has 1 aliphatic rings. The number of likely N-dealkylation sites (tertiary alicyclic amines) is 1. The summed E-state index contributed by atoms with van der Waals surface area (Å²) in [6.07, 6.45) is 1.43. The van der Waals surface area contributed by atoms with Crippen LogP contribution in [0.3, 0.4) is 0 Å². The van der Waals surface area contributed by atoms with Gasteiger partial charge in [-0.05, 0) is 18.8 Å². The highest BCUT2D eigenvalue weighted by atomic mass is 16.4. The van der Waals surface area contributed by atoms with Gasteiger partial charge in [0.25, 0.3) is 0 Å². The normalized spacial score (nSPS) is 20.8.